The van der Waals surface area contributed by atoms with Gasteiger partial charge >= 0.3 is 0 Å². The van der Waals surface area contributed by atoms with Gasteiger partial charge in [0.05, 0.1) is 5.56 Å². The number of rotatable bonds is 0. The fraction of sp³-hybridized carbons (Fsp3) is 0.200. The zero-order valence-electron chi connectivity index (χ0n) is 10.6. The van der Waals surface area contributed by atoms with Crippen LogP contribution in [0.2, 0.25) is 19.6 Å². The van der Waals surface area contributed by atoms with E-state index in [0.29, 0.717) is 5.56 Å². The van der Waals surface area contributed by atoms with Crippen LogP contribution in [0.5, 0.6) is 0 Å². The first kappa shape index (κ1) is 13.6. The number of halogens is 2. The van der Waals surface area contributed by atoms with Crippen molar-refractivity contribution < 1.29 is 4.39 Å². The van der Waals surface area contributed by atoms with Crippen LogP contribution in [0, 0.1) is 20.9 Å². The minimum Gasteiger partial charge on any atom is -0.206 e. The quantitative estimate of drug-likeness (QED) is 0.356. The molecule has 0 bridgehead atoms. The molecule has 0 amide bonds. The summed E-state index contributed by atoms with van der Waals surface area (Å²) < 4.78 is 15.0. The van der Waals surface area contributed by atoms with Crippen LogP contribution in [0.15, 0.2) is 30.3 Å². The van der Waals surface area contributed by atoms with Crippen molar-refractivity contribution >= 4 is 41.4 Å². The Labute approximate surface area is 122 Å². The number of fused-ring (bicyclic) bond motifs is 1. The van der Waals surface area contributed by atoms with E-state index >= 15 is 0 Å². The van der Waals surface area contributed by atoms with Gasteiger partial charge in [-0.05, 0) is 40.1 Å². The first-order valence-corrected chi connectivity index (χ1v) is 10.4. The summed E-state index contributed by atoms with van der Waals surface area (Å²) in [6, 6.07) is 9.29. The number of benzene rings is 2. The molecule has 0 unspecified atom stereocenters. The minimum atomic E-state index is -1.50. The lowest BCUT2D eigenvalue weighted by atomic mass is 10.0. The molecule has 0 fully saturated rings. The van der Waals surface area contributed by atoms with Gasteiger partial charge in [-0.25, -0.2) is 4.39 Å². The highest BCUT2D eigenvalue weighted by Crippen LogP contribution is 2.26. The van der Waals surface area contributed by atoms with Gasteiger partial charge in [-0.3, -0.25) is 0 Å². The summed E-state index contributed by atoms with van der Waals surface area (Å²) in [5.41, 5.74) is 3.79. The van der Waals surface area contributed by atoms with Crippen LogP contribution in [0.1, 0.15) is 5.56 Å². The molecule has 0 radical (unpaired) electrons. The van der Waals surface area contributed by atoms with Crippen LogP contribution in [-0.4, -0.2) is 8.07 Å². The van der Waals surface area contributed by atoms with Gasteiger partial charge in [-0.1, -0.05) is 43.8 Å². The highest BCUT2D eigenvalue weighted by Gasteiger charge is 2.11. The van der Waals surface area contributed by atoms with Gasteiger partial charge in [-0.2, -0.15) is 0 Å². The first-order chi connectivity index (χ1) is 8.38. The van der Waals surface area contributed by atoms with Gasteiger partial charge in [0, 0.05) is 8.96 Å². The molecule has 2 rings (SSSR count). The van der Waals surface area contributed by atoms with Crippen molar-refractivity contribution in [2.24, 2.45) is 0 Å². The summed E-state index contributed by atoms with van der Waals surface area (Å²) in [4.78, 5) is 0. The number of hydrogen-bond donors (Lipinski definition) is 0. The summed E-state index contributed by atoms with van der Waals surface area (Å²) in [6.07, 6.45) is 0. The molecule has 0 nitrogen and oxygen atoms in total. The van der Waals surface area contributed by atoms with Crippen molar-refractivity contribution in [1.82, 2.24) is 0 Å². The van der Waals surface area contributed by atoms with Crippen LogP contribution >= 0.6 is 22.6 Å². The van der Waals surface area contributed by atoms with Crippen LogP contribution < -0.4 is 0 Å². The summed E-state index contributed by atoms with van der Waals surface area (Å²) in [7, 11) is -1.50. The van der Waals surface area contributed by atoms with E-state index in [1.165, 1.54) is 6.07 Å². The van der Waals surface area contributed by atoms with E-state index in [1.807, 2.05) is 24.3 Å². The van der Waals surface area contributed by atoms with Gasteiger partial charge in [0.25, 0.3) is 0 Å². The van der Waals surface area contributed by atoms with Crippen LogP contribution in [0.3, 0.4) is 0 Å². The maximum Gasteiger partial charge on any atom is 0.139 e. The highest BCUT2D eigenvalue weighted by molar-refractivity contribution is 14.1. The van der Waals surface area contributed by atoms with Crippen molar-refractivity contribution in [2.45, 2.75) is 19.6 Å². The van der Waals surface area contributed by atoms with E-state index in [4.69, 9.17) is 0 Å². The molecule has 18 heavy (non-hydrogen) atoms. The minimum absolute atomic E-state index is 0.225. The Morgan fingerprint density at radius 2 is 1.83 bits per heavy atom. The highest BCUT2D eigenvalue weighted by atomic mass is 127. The molecule has 0 aromatic heterocycles. The molecular formula is C15H14FISi. The SMILES string of the molecule is C[Si](C)(C)C#Cc1c(F)ccc2cccc(I)c12. The molecule has 0 aliphatic rings. The Morgan fingerprint density at radius 3 is 2.50 bits per heavy atom. The van der Waals surface area contributed by atoms with E-state index in [0.717, 1.165) is 14.3 Å². The van der Waals surface area contributed by atoms with Crippen molar-refractivity contribution in [3.8, 4) is 11.5 Å². The summed E-state index contributed by atoms with van der Waals surface area (Å²) in [5.74, 6) is 2.84. The van der Waals surface area contributed by atoms with Gasteiger partial charge < -0.3 is 0 Å². The maximum absolute atomic E-state index is 14.0. The molecule has 2 aromatic rings. The van der Waals surface area contributed by atoms with E-state index in [-0.39, 0.29) is 5.82 Å². The zero-order chi connectivity index (χ0) is 13.3. The Morgan fingerprint density at radius 1 is 1.11 bits per heavy atom. The molecule has 0 atom stereocenters. The lowest BCUT2D eigenvalue weighted by Crippen LogP contribution is -2.16. The van der Waals surface area contributed by atoms with Crippen LogP contribution in [0.25, 0.3) is 10.8 Å². The number of hydrogen-bond acceptors (Lipinski definition) is 0. The Bertz CT molecular complexity index is 660. The van der Waals surface area contributed by atoms with Crippen molar-refractivity contribution in [1.29, 1.82) is 0 Å². The lowest BCUT2D eigenvalue weighted by Gasteiger charge is -2.07. The standard InChI is InChI=1S/C15H14FISi/c1-18(2,3)10-9-12-13(16)8-7-11-5-4-6-14(17)15(11)12/h4-8H,1-3H3. The predicted molar refractivity (Wildman–Crippen MR) is 86.8 cm³/mol. The van der Waals surface area contributed by atoms with Crippen molar-refractivity contribution in [2.75, 3.05) is 0 Å². The molecule has 0 spiro atoms. The third-order valence-electron chi connectivity index (χ3n) is 2.51. The summed E-state index contributed by atoms with van der Waals surface area (Å²) in [5, 5.41) is 1.98. The van der Waals surface area contributed by atoms with Crippen LogP contribution in [0.4, 0.5) is 4.39 Å². The normalized spacial score (nSPS) is 11.2. The maximum atomic E-state index is 14.0. The van der Waals surface area contributed by atoms with Crippen LogP contribution in [-0.2, 0) is 0 Å². The Balaban J connectivity index is 2.75. The van der Waals surface area contributed by atoms with E-state index in [1.54, 1.807) is 0 Å². The molecule has 0 heterocycles. The second kappa shape index (κ2) is 5.02. The van der Waals surface area contributed by atoms with Crippen molar-refractivity contribution in [3.63, 3.8) is 0 Å². The van der Waals surface area contributed by atoms with E-state index < -0.39 is 8.07 Å². The van der Waals surface area contributed by atoms with E-state index in [9.17, 15) is 4.39 Å². The van der Waals surface area contributed by atoms with Gasteiger partial charge in [0.1, 0.15) is 13.9 Å². The molecular weight excluding hydrogens is 354 g/mol. The molecule has 0 aliphatic carbocycles. The molecule has 2 aromatic carbocycles. The topological polar surface area (TPSA) is 0 Å². The first-order valence-electron chi connectivity index (χ1n) is 5.78. The Hall–Kier alpha value is -0.863. The van der Waals surface area contributed by atoms with E-state index in [2.05, 4.69) is 53.7 Å². The predicted octanol–water partition coefficient (Wildman–Crippen LogP) is 4.81. The molecule has 0 saturated heterocycles. The summed E-state index contributed by atoms with van der Waals surface area (Å²) in [6.45, 7) is 6.48. The molecule has 0 N–H and O–H groups in total. The largest absolute Gasteiger partial charge is 0.206 e. The monoisotopic (exact) mass is 368 g/mol. The molecule has 0 aliphatic heterocycles. The zero-order valence-corrected chi connectivity index (χ0v) is 13.8. The second-order valence-electron chi connectivity index (χ2n) is 5.26. The Kier molecular flexibility index (Phi) is 3.78. The third-order valence-corrected chi connectivity index (χ3v) is 4.28. The van der Waals surface area contributed by atoms with Gasteiger partial charge in [0.15, 0.2) is 0 Å². The molecule has 92 valence electrons. The molecule has 3 heteroatoms. The lowest BCUT2D eigenvalue weighted by molar-refractivity contribution is 0.626. The smallest absolute Gasteiger partial charge is 0.139 e. The average molecular weight is 368 g/mol. The fourth-order valence-electron chi connectivity index (χ4n) is 1.68. The van der Waals surface area contributed by atoms with Gasteiger partial charge in [0.2, 0.25) is 0 Å². The third kappa shape index (κ3) is 2.93. The van der Waals surface area contributed by atoms with Gasteiger partial charge in [-0.15, -0.1) is 5.54 Å². The fourth-order valence-corrected chi connectivity index (χ4v) is 2.97. The summed E-state index contributed by atoms with van der Waals surface area (Å²) >= 11 is 2.24. The van der Waals surface area contributed by atoms with Crippen molar-refractivity contribution in [3.05, 3.63) is 45.3 Å². The molecule has 0 saturated carbocycles. The average Bonchev–Trinajstić information content (AvgIpc) is 2.27. The second-order valence-corrected chi connectivity index (χ2v) is 11.2.